The Balaban J connectivity index is 1.99. The molecule has 5 heteroatoms. The SMILES string of the molecule is CCCCN1C(=O)[C@@H]2C=C[C@H]1[C@@H]1C(=O)C[C@H]2NC1=O. The molecule has 0 saturated carbocycles. The van der Waals surface area contributed by atoms with Gasteiger partial charge in [-0.15, -0.1) is 0 Å². The Bertz CT molecular complexity index is 453. The fourth-order valence-electron chi connectivity index (χ4n) is 3.32. The van der Waals surface area contributed by atoms with Gasteiger partial charge in [0.2, 0.25) is 11.8 Å². The zero-order chi connectivity index (χ0) is 13.6. The quantitative estimate of drug-likeness (QED) is 0.586. The first-order valence-electron chi connectivity index (χ1n) is 6.95. The van der Waals surface area contributed by atoms with Gasteiger partial charge in [0.1, 0.15) is 11.7 Å². The maximum absolute atomic E-state index is 12.5. The Morgan fingerprint density at radius 3 is 2.79 bits per heavy atom. The Labute approximate surface area is 112 Å². The van der Waals surface area contributed by atoms with Gasteiger partial charge in [0, 0.05) is 13.0 Å². The predicted molar refractivity (Wildman–Crippen MR) is 68.1 cm³/mol. The van der Waals surface area contributed by atoms with Crippen LogP contribution in [0.5, 0.6) is 0 Å². The van der Waals surface area contributed by atoms with E-state index in [1.165, 1.54) is 0 Å². The maximum atomic E-state index is 12.5. The highest BCUT2D eigenvalue weighted by Gasteiger charge is 2.51. The molecule has 3 fully saturated rings. The molecular formula is C14H18N2O3. The number of carbonyl (C=O) groups is 3. The average molecular weight is 262 g/mol. The smallest absolute Gasteiger partial charge is 0.233 e. The lowest BCUT2D eigenvalue weighted by molar-refractivity contribution is -0.151. The lowest BCUT2D eigenvalue weighted by atomic mass is 9.74. The van der Waals surface area contributed by atoms with E-state index in [0.29, 0.717) is 6.54 Å². The Hall–Kier alpha value is -1.65. The van der Waals surface area contributed by atoms with Crippen molar-refractivity contribution in [3.05, 3.63) is 12.2 Å². The van der Waals surface area contributed by atoms with E-state index in [1.807, 2.05) is 12.2 Å². The van der Waals surface area contributed by atoms with Gasteiger partial charge < -0.3 is 10.2 Å². The number of nitrogens with zero attached hydrogens (tertiary/aromatic N) is 1. The van der Waals surface area contributed by atoms with Crippen LogP contribution in [-0.4, -0.2) is 41.1 Å². The van der Waals surface area contributed by atoms with Crippen LogP contribution < -0.4 is 5.32 Å². The molecule has 1 aliphatic carbocycles. The van der Waals surface area contributed by atoms with Crippen LogP contribution in [0.25, 0.3) is 0 Å². The number of carbonyl (C=O) groups excluding carboxylic acids is 3. The van der Waals surface area contributed by atoms with Crippen LogP contribution in [0.1, 0.15) is 26.2 Å². The highest BCUT2D eigenvalue weighted by Crippen LogP contribution is 2.34. The zero-order valence-electron chi connectivity index (χ0n) is 11.0. The summed E-state index contributed by atoms with van der Waals surface area (Å²) in [5, 5.41) is 2.83. The van der Waals surface area contributed by atoms with Crippen molar-refractivity contribution in [2.75, 3.05) is 6.54 Å². The minimum Gasteiger partial charge on any atom is -0.351 e. The molecule has 6 rings (SSSR count). The number of hydrogen-bond donors (Lipinski definition) is 1. The van der Waals surface area contributed by atoms with Gasteiger partial charge in [0.15, 0.2) is 0 Å². The number of rotatable bonds is 3. The average Bonchev–Trinajstić information content (AvgIpc) is 2.34. The third kappa shape index (κ3) is 1.79. The van der Waals surface area contributed by atoms with Crippen molar-refractivity contribution in [3.8, 4) is 0 Å². The van der Waals surface area contributed by atoms with E-state index >= 15 is 0 Å². The summed E-state index contributed by atoms with van der Waals surface area (Å²) in [6.45, 7) is 2.69. The topological polar surface area (TPSA) is 66.5 Å². The van der Waals surface area contributed by atoms with Gasteiger partial charge in [-0.25, -0.2) is 0 Å². The van der Waals surface area contributed by atoms with Crippen molar-refractivity contribution in [1.29, 1.82) is 0 Å². The summed E-state index contributed by atoms with van der Waals surface area (Å²) in [7, 11) is 0. The Kier molecular flexibility index (Phi) is 2.92. The summed E-state index contributed by atoms with van der Waals surface area (Å²) in [6.07, 6.45) is 5.93. The largest absolute Gasteiger partial charge is 0.351 e. The molecule has 0 unspecified atom stereocenters. The van der Waals surface area contributed by atoms with Gasteiger partial charge in [0.25, 0.3) is 0 Å². The molecule has 0 aromatic heterocycles. The summed E-state index contributed by atoms with van der Waals surface area (Å²) in [5.41, 5.74) is 0. The van der Waals surface area contributed by atoms with Crippen LogP contribution >= 0.6 is 0 Å². The minimum atomic E-state index is -0.713. The number of Topliss-reactive ketones (excluding diaryl/α,β-unsaturated/α-hetero) is 1. The molecule has 6 aliphatic rings. The predicted octanol–water partition coefficient (Wildman–Crippen LogP) is 0.257. The van der Waals surface area contributed by atoms with Gasteiger partial charge in [-0.2, -0.15) is 0 Å². The van der Waals surface area contributed by atoms with Crippen molar-refractivity contribution in [2.24, 2.45) is 11.8 Å². The van der Waals surface area contributed by atoms with Crippen LogP contribution in [-0.2, 0) is 14.4 Å². The van der Waals surface area contributed by atoms with Crippen LogP contribution in [0, 0.1) is 11.8 Å². The van der Waals surface area contributed by atoms with E-state index < -0.39 is 5.92 Å². The van der Waals surface area contributed by atoms with Crippen LogP contribution in [0.4, 0.5) is 0 Å². The fraction of sp³-hybridized carbons (Fsp3) is 0.643. The van der Waals surface area contributed by atoms with Gasteiger partial charge in [-0.05, 0) is 6.42 Å². The first kappa shape index (κ1) is 12.4. The highest BCUT2D eigenvalue weighted by atomic mass is 16.2. The number of piperidine rings is 1. The number of nitrogens with one attached hydrogen (secondary N) is 1. The first-order chi connectivity index (χ1) is 9.13. The molecule has 4 atom stereocenters. The third-order valence-electron chi connectivity index (χ3n) is 4.35. The van der Waals surface area contributed by atoms with Crippen molar-refractivity contribution in [1.82, 2.24) is 10.2 Å². The molecule has 5 nitrogen and oxygen atoms in total. The lowest BCUT2D eigenvalue weighted by Crippen LogP contribution is -2.66. The van der Waals surface area contributed by atoms with E-state index in [0.717, 1.165) is 12.8 Å². The van der Waals surface area contributed by atoms with Crippen LogP contribution in [0.2, 0.25) is 0 Å². The molecule has 19 heavy (non-hydrogen) atoms. The molecular weight excluding hydrogens is 244 g/mol. The maximum Gasteiger partial charge on any atom is 0.233 e. The molecule has 4 bridgehead atoms. The van der Waals surface area contributed by atoms with E-state index in [2.05, 4.69) is 12.2 Å². The van der Waals surface area contributed by atoms with Gasteiger partial charge in [0.05, 0.1) is 18.0 Å². The van der Waals surface area contributed by atoms with Crippen molar-refractivity contribution >= 4 is 17.6 Å². The summed E-state index contributed by atoms with van der Waals surface area (Å²) in [4.78, 5) is 38.4. The molecule has 0 spiro atoms. The molecule has 0 radical (unpaired) electrons. The molecule has 0 aromatic rings. The van der Waals surface area contributed by atoms with Crippen LogP contribution in [0.3, 0.4) is 0 Å². The molecule has 0 aromatic carbocycles. The second-order valence-corrected chi connectivity index (χ2v) is 5.55. The monoisotopic (exact) mass is 262 g/mol. The number of hydrogen-bond acceptors (Lipinski definition) is 3. The van der Waals surface area contributed by atoms with Crippen LogP contribution in [0.15, 0.2) is 12.2 Å². The Morgan fingerprint density at radius 2 is 2.11 bits per heavy atom. The lowest BCUT2D eigenvalue weighted by Gasteiger charge is -2.47. The van der Waals surface area contributed by atoms with Gasteiger partial charge in [-0.1, -0.05) is 25.5 Å². The fourth-order valence-corrected chi connectivity index (χ4v) is 3.32. The van der Waals surface area contributed by atoms with E-state index in [1.54, 1.807) is 4.90 Å². The second kappa shape index (κ2) is 4.47. The van der Waals surface area contributed by atoms with Crippen molar-refractivity contribution in [2.45, 2.75) is 38.3 Å². The highest BCUT2D eigenvalue weighted by molar-refractivity contribution is 6.07. The molecule has 1 N–H and O–H groups in total. The first-order valence-corrected chi connectivity index (χ1v) is 6.95. The van der Waals surface area contributed by atoms with Gasteiger partial charge in [-0.3, -0.25) is 14.4 Å². The van der Waals surface area contributed by atoms with Crippen molar-refractivity contribution in [3.63, 3.8) is 0 Å². The molecule has 2 amide bonds. The van der Waals surface area contributed by atoms with Crippen molar-refractivity contribution < 1.29 is 14.4 Å². The number of ketones is 1. The summed E-state index contributed by atoms with van der Waals surface area (Å²) >= 11 is 0. The molecule has 5 heterocycles. The number of amides is 2. The molecule has 102 valence electrons. The van der Waals surface area contributed by atoms with E-state index in [-0.39, 0.29) is 42.0 Å². The second-order valence-electron chi connectivity index (χ2n) is 5.55. The third-order valence-corrected chi connectivity index (χ3v) is 4.35. The zero-order valence-corrected chi connectivity index (χ0v) is 11.0. The van der Waals surface area contributed by atoms with E-state index in [4.69, 9.17) is 0 Å². The summed E-state index contributed by atoms with van der Waals surface area (Å²) < 4.78 is 0. The molecule has 3 saturated heterocycles. The number of unbranched alkanes of at least 4 members (excludes halogenated alkanes) is 1. The minimum absolute atomic E-state index is 0.0258. The standard InChI is InChI=1S/C14H18N2O3/c1-2-3-6-16-10-5-4-8(14(16)19)9-7-11(17)12(10)13(18)15-9/h4-5,8-10,12H,2-3,6-7H2,1H3,(H,15,18)/t8-,9-,10+,12-/m1/s1. The summed E-state index contributed by atoms with van der Waals surface area (Å²) in [5.74, 6) is -1.27. The summed E-state index contributed by atoms with van der Waals surface area (Å²) in [6, 6.07) is -0.741. The normalized spacial score (nSPS) is 36.5. The van der Waals surface area contributed by atoms with Gasteiger partial charge >= 0.3 is 0 Å². The Morgan fingerprint density at radius 1 is 1.32 bits per heavy atom. The molecule has 5 aliphatic heterocycles. The van der Waals surface area contributed by atoms with E-state index in [9.17, 15) is 14.4 Å².